The van der Waals surface area contributed by atoms with Crippen molar-refractivity contribution in [2.75, 3.05) is 4.90 Å². The zero-order valence-electron chi connectivity index (χ0n) is 25.4. The summed E-state index contributed by atoms with van der Waals surface area (Å²) >= 11 is 1.89. The maximum absolute atomic E-state index is 6.66. The monoisotopic (exact) mass is 617 g/mol. The normalized spacial score (nSPS) is 11.8. The number of hydrogen-bond acceptors (Lipinski definition) is 3. The van der Waals surface area contributed by atoms with E-state index in [0.717, 1.165) is 39.0 Å². The van der Waals surface area contributed by atoms with E-state index in [4.69, 9.17) is 4.42 Å². The molecule has 2 aromatic heterocycles. The molecule has 2 nitrogen and oxygen atoms in total. The average molecular weight is 618 g/mol. The third-order valence-corrected chi connectivity index (χ3v) is 10.6. The molecule has 8 aromatic carbocycles. The molecule has 10 aromatic rings. The molecular formula is C44H27NOS. The van der Waals surface area contributed by atoms with Gasteiger partial charge in [0.15, 0.2) is 5.58 Å². The van der Waals surface area contributed by atoms with E-state index in [-0.39, 0.29) is 0 Å². The second kappa shape index (κ2) is 10.3. The third-order valence-electron chi connectivity index (χ3n) is 9.42. The van der Waals surface area contributed by atoms with E-state index < -0.39 is 0 Å². The second-order valence-corrected chi connectivity index (χ2v) is 13.2. The summed E-state index contributed by atoms with van der Waals surface area (Å²) in [7, 11) is 0. The molecule has 0 radical (unpaired) electrons. The largest absolute Gasteiger partial charge is 0.454 e. The number of furan rings is 1. The number of fused-ring (bicyclic) bond motifs is 9. The van der Waals surface area contributed by atoms with E-state index in [9.17, 15) is 0 Å². The van der Waals surface area contributed by atoms with Gasteiger partial charge in [0, 0.05) is 47.4 Å². The van der Waals surface area contributed by atoms with Crippen LogP contribution in [0, 0.1) is 0 Å². The highest BCUT2D eigenvalue weighted by Crippen LogP contribution is 2.49. The summed E-state index contributed by atoms with van der Waals surface area (Å²) in [4.78, 5) is 2.39. The molecule has 0 N–H and O–H groups in total. The molecule has 10 rings (SSSR count). The Bertz CT molecular complexity index is 2790. The summed E-state index contributed by atoms with van der Waals surface area (Å²) in [5.74, 6) is 0. The summed E-state index contributed by atoms with van der Waals surface area (Å²) in [5.41, 5.74) is 7.38. The Kier molecular flexibility index (Phi) is 5.78. The summed E-state index contributed by atoms with van der Waals surface area (Å²) in [6, 6.07) is 58.9. The van der Waals surface area contributed by atoms with Crippen molar-refractivity contribution in [1.82, 2.24) is 0 Å². The molecule has 0 aliphatic carbocycles. The fourth-order valence-corrected chi connectivity index (χ4v) is 8.45. The number of anilines is 3. The number of rotatable bonds is 4. The van der Waals surface area contributed by atoms with Gasteiger partial charge in [-0.3, -0.25) is 0 Å². The molecular weight excluding hydrogens is 591 g/mol. The summed E-state index contributed by atoms with van der Waals surface area (Å²) in [5, 5.41) is 9.79. The van der Waals surface area contributed by atoms with Crippen molar-refractivity contribution >= 4 is 92.1 Å². The van der Waals surface area contributed by atoms with Crippen molar-refractivity contribution in [3.8, 4) is 11.1 Å². The first-order valence-corrected chi connectivity index (χ1v) is 16.7. The smallest absolute Gasteiger partial charge is 0.159 e. The minimum Gasteiger partial charge on any atom is -0.454 e. The first-order chi connectivity index (χ1) is 23.3. The van der Waals surface area contributed by atoms with Gasteiger partial charge in [0.25, 0.3) is 0 Å². The van der Waals surface area contributed by atoms with Gasteiger partial charge in [-0.25, -0.2) is 0 Å². The van der Waals surface area contributed by atoms with Gasteiger partial charge in [0.2, 0.25) is 0 Å². The van der Waals surface area contributed by atoms with Crippen molar-refractivity contribution in [2.45, 2.75) is 0 Å². The number of benzene rings is 8. The molecule has 0 fully saturated rings. The lowest BCUT2D eigenvalue weighted by molar-refractivity contribution is 0.669. The van der Waals surface area contributed by atoms with Crippen LogP contribution in [0.25, 0.3) is 74.8 Å². The summed E-state index contributed by atoms with van der Waals surface area (Å²) in [6.45, 7) is 0. The Hall–Kier alpha value is -5.90. The highest BCUT2D eigenvalue weighted by atomic mass is 32.1. The van der Waals surface area contributed by atoms with E-state index >= 15 is 0 Å². The van der Waals surface area contributed by atoms with Crippen molar-refractivity contribution in [2.24, 2.45) is 0 Å². The molecule has 0 saturated heterocycles. The van der Waals surface area contributed by atoms with Crippen LogP contribution in [0.2, 0.25) is 0 Å². The molecule has 0 unspecified atom stereocenters. The van der Waals surface area contributed by atoms with Gasteiger partial charge in [0.1, 0.15) is 5.58 Å². The quantitative estimate of drug-likeness (QED) is 0.195. The first kappa shape index (κ1) is 26.3. The van der Waals surface area contributed by atoms with Gasteiger partial charge in [-0.1, -0.05) is 121 Å². The van der Waals surface area contributed by atoms with Gasteiger partial charge < -0.3 is 9.32 Å². The molecule has 0 spiro atoms. The van der Waals surface area contributed by atoms with Crippen LogP contribution in [-0.2, 0) is 0 Å². The Balaban J connectivity index is 1.29. The molecule has 0 atom stereocenters. The van der Waals surface area contributed by atoms with Crippen molar-refractivity contribution in [3.63, 3.8) is 0 Å². The predicted octanol–water partition coefficient (Wildman–Crippen LogP) is 13.4. The van der Waals surface area contributed by atoms with Gasteiger partial charge in [-0.15, -0.1) is 11.3 Å². The van der Waals surface area contributed by atoms with Gasteiger partial charge >= 0.3 is 0 Å². The predicted molar refractivity (Wildman–Crippen MR) is 202 cm³/mol. The number of thiophene rings is 1. The molecule has 0 aliphatic heterocycles. The van der Waals surface area contributed by atoms with E-state index in [1.807, 2.05) is 17.4 Å². The zero-order chi connectivity index (χ0) is 30.9. The molecule has 2 heterocycles. The molecule has 0 saturated carbocycles. The van der Waals surface area contributed by atoms with Crippen LogP contribution in [-0.4, -0.2) is 0 Å². The fraction of sp³-hybridized carbons (Fsp3) is 0. The molecule has 47 heavy (non-hydrogen) atoms. The standard InChI is InChI=1S/C44H27NOS/c1-2-11-28(12-3-1)29-21-23-32(24-22-29)45(39-19-10-18-35-34-16-8-9-20-41(34)46-43(35)39)40-27-38-37-25-30-13-4-5-14-31(30)26-42(37)47-44(38)36-17-7-6-15-33(36)40/h1-27H. The van der Waals surface area contributed by atoms with Gasteiger partial charge in [0.05, 0.1) is 11.4 Å². The van der Waals surface area contributed by atoms with Crippen LogP contribution in [0.15, 0.2) is 168 Å². The first-order valence-electron chi connectivity index (χ1n) is 15.9. The number of nitrogens with zero attached hydrogens (tertiary/aromatic N) is 1. The maximum Gasteiger partial charge on any atom is 0.159 e. The Morgan fingerprint density at radius 1 is 0.426 bits per heavy atom. The van der Waals surface area contributed by atoms with Gasteiger partial charge in [-0.05, 0) is 64.4 Å². The molecule has 220 valence electrons. The van der Waals surface area contributed by atoms with Crippen LogP contribution in [0.5, 0.6) is 0 Å². The maximum atomic E-state index is 6.66. The van der Waals surface area contributed by atoms with Crippen LogP contribution in [0.3, 0.4) is 0 Å². The Morgan fingerprint density at radius 2 is 1.09 bits per heavy atom. The van der Waals surface area contributed by atoms with Crippen LogP contribution >= 0.6 is 11.3 Å². The second-order valence-electron chi connectivity index (χ2n) is 12.1. The molecule has 3 heteroatoms. The highest BCUT2D eigenvalue weighted by Gasteiger charge is 2.23. The SMILES string of the molecule is c1ccc(-c2ccc(N(c3cc4c5cc6ccccc6cc5sc4c4ccccc34)c3cccc4c3oc3ccccc34)cc2)cc1. The molecule has 0 aliphatic rings. The van der Waals surface area contributed by atoms with E-state index in [1.54, 1.807) is 0 Å². The molecule has 0 bridgehead atoms. The van der Waals surface area contributed by atoms with Crippen LogP contribution in [0.4, 0.5) is 17.1 Å². The lowest BCUT2D eigenvalue weighted by Gasteiger charge is -2.27. The minimum absolute atomic E-state index is 0.881. The lowest BCUT2D eigenvalue weighted by atomic mass is 10.00. The fourth-order valence-electron chi connectivity index (χ4n) is 7.20. The minimum atomic E-state index is 0.881. The summed E-state index contributed by atoms with van der Waals surface area (Å²) in [6.07, 6.45) is 0. The van der Waals surface area contributed by atoms with E-state index in [2.05, 4.69) is 163 Å². The third kappa shape index (κ3) is 4.10. The van der Waals surface area contributed by atoms with Crippen LogP contribution < -0.4 is 4.90 Å². The summed E-state index contributed by atoms with van der Waals surface area (Å²) < 4.78 is 9.28. The topological polar surface area (TPSA) is 16.4 Å². The highest BCUT2D eigenvalue weighted by molar-refractivity contribution is 7.26. The Labute approximate surface area is 275 Å². The number of hydrogen-bond donors (Lipinski definition) is 0. The lowest BCUT2D eigenvalue weighted by Crippen LogP contribution is -2.11. The van der Waals surface area contributed by atoms with Crippen molar-refractivity contribution in [1.29, 1.82) is 0 Å². The number of para-hydroxylation sites is 2. The molecule has 0 amide bonds. The van der Waals surface area contributed by atoms with Gasteiger partial charge in [-0.2, -0.15) is 0 Å². The zero-order valence-corrected chi connectivity index (χ0v) is 26.2. The Morgan fingerprint density at radius 3 is 1.91 bits per heavy atom. The van der Waals surface area contributed by atoms with Crippen molar-refractivity contribution < 1.29 is 4.42 Å². The van der Waals surface area contributed by atoms with E-state index in [0.29, 0.717) is 0 Å². The van der Waals surface area contributed by atoms with Crippen molar-refractivity contribution in [3.05, 3.63) is 164 Å². The van der Waals surface area contributed by atoms with E-state index in [1.165, 1.54) is 52.8 Å². The average Bonchev–Trinajstić information content (AvgIpc) is 3.70. The van der Waals surface area contributed by atoms with Crippen LogP contribution in [0.1, 0.15) is 0 Å².